The maximum atomic E-state index is 13.3. The lowest BCUT2D eigenvalue weighted by Crippen LogP contribution is -2.32. The number of hydrogen-bond donors (Lipinski definition) is 1. The fourth-order valence-corrected chi connectivity index (χ4v) is 1.63. The number of carbonyl (C=O) groups is 1. The number of oxime groups is 1. The van der Waals surface area contributed by atoms with E-state index in [0.29, 0.717) is 13.0 Å². The summed E-state index contributed by atoms with van der Waals surface area (Å²) in [4.78, 5) is 16.7. The van der Waals surface area contributed by atoms with Gasteiger partial charge < -0.3 is 10.2 Å². The molecule has 1 aromatic carbocycles. The van der Waals surface area contributed by atoms with Gasteiger partial charge in [0.15, 0.2) is 0 Å². The molecule has 0 radical (unpaired) electrons. The molecular weight excluding hydrogens is 223 g/mol. The average molecular weight is 236 g/mol. The maximum absolute atomic E-state index is 13.3. The highest BCUT2D eigenvalue weighted by Gasteiger charge is 2.19. The molecular formula is C12H13FN2O2. The number of nitrogens with one attached hydrogen (secondary N) is 1. The van der Waals surface area contributed by atoms with Gasteiger partial charge in [-0.25, -0.2) is 4.39 Å². The van der Waals surface area contributed by atoms with Crippen LogP contribution in [-0.2, 0) is 4.84 Å². The highest BCUT2D eigenvalue weighted by molar-refractivity contribution is 5.94. The van der Waals surface area contributed by atoms with Gasteiger partial charge in [0.1, 0.15) is 11.9 Å². The first-order chi connectivity index (χ1) is 8.16. The highest BCUT2D eigenvalue weighted by Crippen LogP contribution is 2.10. The van der Waals surface area contributed by atoms with E-state index >= 15 is 0 Å². The first kappa shape index (κ1) is 11.6. The molecule has 1 unspecified atom stereocenters. The van der Waals surface area contributed by atoms with E-state index < -0.39 is 11.7 Å². The molecule has 1 aromatic rings. The zero-order valence-electron chi connectivity index (χ0n) is 9.44. The molecule has 17 heavy (non-hydrogen) atoms. The van der Waals surface area contributed by atoms with Crippen LogP contribution in [0.3, 0.4) is 0 Å². The number of rotatable bonds is 3. The van der Waals surface area contributed by atoms with Crippen molar-refractivity contribution >= 4 is 11.6 Å². The standard InChI is InChI=1S/C12H13FN2O2/c1-8-6-9(17-15-8)7-14-12(16)10-4-2-3-5-11(10)13/h2-5,9H,6-7H2,1H3,(H,14,16). The monoisotopic (exact) mass is 236 g/mol. The summed E-state index contributed by atoms with van der Waals surface area (Å²) < 4.78 is 13.3. The van der Waals surface area contributed by atoms with Crippen molar-refractivity contribution in [2.45, 2.75) is 19.4 Å². The first-order valence-corrected chi connectivity index (χ1v) is 5.39. The fourth-order valence-electron chi connectivity index (χ4n) is 1.63. The van der Waals surface area contributed by atoms with Crippen LogP contribution in [0, 0.1) is 5.82 Å². The third-order valence-corrected chi connectivity index (χ3v) is 2.49. The SMILES string of the molecule is CC1=NOC(CNC(=O)c2ccccc2F)C1. The Morgan fingerprint density at radius 1 is 1.59 bits per heavy atom. The molecule has 1 atom stereocenters. The van der Waals surface area contributed by atoms with Crippen molar-refractivity contribution in [3.8, 4) is 0 Å². The van der Waals surface area contributed by atoms with Gasteiger partial charge in [0.05, 0.1) is 17.8 Å². The van der Waals surface area contributed by atoms with Crippen LogP contribution in [0.2, 0.25) is 0 Å². The van der Waals surface area contributed by atoms with E-state index in [-0.39, 0.29) is 11.7 Å². The van der Waals surface area contributed by atoms with Gasteiger partial charge in [0.25, 0.3) is 5.91 Å². The second-order valence-corrected chi connectivity index (χ2v) is 3.95. The summed E-state index contributed by atoms with van der Waals surface area (Å²) in [5.74, 6) is -0.957. The minimum Gasteiger partial charge on any atom is -0.390 e. The average Bonchev–Trinajstić information content (AvgIpc) is 2.73. The van der Waals surface area contributed by atoms with E-state index in [1.54, 1.807) is 12.1 Å². The van der Waals surface area contributed by atoms with Crippen molar-refractivity contribution in [2.24, 2.45) is 5.16 Å². The van der Waals surface area contributed by atoms with Crippen LogP contribution in [-0.4, -0.2) is 24.3 Å². The quantitative estimate of drug-likeness (QED) is 0.868. The Morgan fingerprint density at radius 2 is 2.35 bits per heavy atom. The van der Waals surface area contributed by atoms with Crippen LogP contribution in [0.15, 0.2) is 29.4 Å². The highest BCUT2D eigenvalue weighted by atomic mass is 19.1. The second-order valence-electron chi connectivity index (χ2n) is 3.95. The van der Waals surface area contributed by atoms with Gasteiger partial charge in [-0.15, -0.1) is 0 Å². The smallest absolute Gasteiger partial charge is 0.254 e. The largest absolute Gasteiger partial charge is 0.390 e. The normalized spacial score (nSPS) is 18.5. The number of benzene rings is 1. The van der Waals surface area contributed by atoms with Gasteiger partial charge in [0, 0.05) is 6.42 Å². The van der Waals surface area contributed by atoms with Crippen molar-refractivity contribution in [2.75, 3.05) is 6.54 Å². The lowest BCUT2D eigenvalue weighted by Gasteiger charge is -2.10. The van der Waals surface area contributed by atoms with Gasteiger partial charge in [0.2, 0.25) is 0 Å². The molecule has 5 heteroatoms. The summed E-state index contributed by atoms with van der Waals surface area (Å²) in [5, 5.41) is 6.40. The molecule has 0 fully saturated rings. The molecule has 0 bridgehead atoms. The van der Waals surface area contributed by atoms with E-state index in [9.17, 15) is 9.18 Å². The van der Waals surface area contributed by atoms with Crippen LogP contribution in [0.4, 0.5) is 4.39 Å². The summed E-state index contributed by atoms with van der Waals surface area (Å²) in [6.07, 6.45) is 0.545. The Labute approximate surface area is 98.5 Å². The molecule has 0 aliphatic carbocycles. The van der Waals surface area contributed by atoms with Crippen molar-refractivity contribution in [1.82, 2.24) is 5.32 Å². The molecule has 0 spiro atoms. The molecule has 0 saturated heterocycles. The third-order valence-electron chi connectivity index (χ3n) is 2.49. The molecule has 1 heterocycles. The van der Waals surface area contributed by atoms with Crippen LogP contribution in [0.1, 0.15) is 23.7 Å². The second kappa shape index (κ2) is 4.95. The van der Waals surface area contributed by atoms with Crippen LogP contribution >= 0.6 is 0 Å². The fraction of sp³-hybridized carbons (Fsp3) is 0.333. The van der Waals surface area contributed by atoms with E-state index in [4.69, 9.17) is 4.84 Å². The molecule has 0 aromatic heterocycles. The first-order valence-electron chi connectivity index (χ1n) is 5.39. The Balaban J connectivity index is 1.88. The van der Waals surface area contributed by atoms with Gasteiger partial charge in [-0.2, -0.15) is 0 Å². The minimum absolute atomic E-state index is 0.0446. The van der Waals surface area contributed by atoms with Crippen LogP contribution in [0.25, 0.3) is 0 Å². The maximum Gasteiger partial charge on any atom is 0.254 e. The topological polar surface area (TPSA) is 50.7 Å². The predicted octanol–water partition coefficient (Wildman–Crippen LogP) is 1.72. The summed E-state index contributed by atoms with van der Waals surface area (Å²) in [7, 11) is 0. The van der Waals surface area contributed by atoms with E-state index in [0.717, 1.165) is 5.71 Å². The zero-order valence-corrected chi connectivity index (χ0v) is 9.44. The molecule has 4 nitrogen and oxygen atoms in total. The summed E-state index contributed by atoms with van der Waals surface area (Å²) in [6, 6.07) is 5.87. The summed E-state index contributed by atoms with van der Waals surface area (Å²) in [5.41, 5.74) is 0.943. The Kier molecular flexibility index (Phi) is 3.37. The van der Waals surface area contributed by atoms with Gasteiger partial charge in [-0.1, -0.05) is 17.3 Å². The number of amides is 1. The van der Waals surface area contributed by atoms with Crippen LogP contribution in [0.5, 0.6) is 0 Å². The summed E-state index contributed by atoms with van der Waals surface area (Å²) >= 11 is 0. The number of halogens is 1. The van der Waals surface area contributed by atoms with Gasteiger partial charge >= 0.3 is 0 Å². The predicted molar refractivity (Wildman–Crippen MR) is 61.3 cm³/mol. The Morgan fingerprint density at radius 3 is 3.00 bits per heavy atom. The lowest BCUT2D eigenvalue weighted by atomic mass is 10.1. The molecule has 1 N–H and O–H groups in total. The lowest BCUT2D eigenvalue weighted by molar-refractivity contribution is 0.0751. The molecule has 2 rings (SSSR count). The number of hydrogen-bond acceptors (Lipinski definition) is 3. The van der Waals surface area contributed by atoms with E-state index in [1.165, 1.54) is 12.1 Å². The Bertz CT molecular complexity index is 460. The van der Waals surface area contributed by atoms with Crippen LogP contribution < -0.4 is 5.32 Å². The molecule has 1 aliphatic heterocycles. The van der Waals surface area contributed by atoms with E-state index in [1.807, 2.05) is 6.92 Å². The van der Waals surface area contributed by atoms with E-state index in [2.05, 4.69) is 10.5 Å². The van der Waals surface area contributed by atoms with Gasteiger partial charge in [-0.05, 0) is 19.1 Å². The number of carbonyl (C=O) groups excluding carboxylic acids is 1. The number of nitrogens with zero attached hydrogens (tertiary/aromatic N) is 1. The summed E-state index contributed by atoms with van der Waals surface area (Å²) in [6.45, 7) is 2.19. The molecule has 1 amide bonds. The van der Waals surface area contributed by atoms with Gasteiger partial charge in [-0.3, -0.25) is 4.79 Å². The van der Waals surface area contributed by atoms with Crippen molar-refractivity contribution in [3.05, 3.63) is 35.6 Å². The van der Waals surface area contributed by atoms with Crippen molar-refractivity contribution in [3.63, 3.8) is 0 Å². The zero-order chi connectivity index (χ0) is 12.3. The van der Waals surface area contributed by atoms with Crippen molar-refractivity contribution in [1.29, 1.82) is 0 Å². The minimum atomic E-state index is -0.523. The molecule has 90 valence electrons. The molecule has 1 aliphatic rings. The molecule has 0 saturated carbocycles. The Hall–Kier alpha value is -1.91. The third kappa shape index (κ3) is 2.81. The van der Waals surface area contributed by atoms with Crippen molar-refractivity contribution < 1.29 is 14.0 Å².